The van der Waals surface area contributed by atoms with Gasteiger partial charge in [0.2, 0.25) is 5.95 Å². The zero-order valence-electron chi connectivity index (χ0n) is 19.3. The highest BCUT2D eigenvalue weighted by Crippen LogP contribution is 2.29. The topological polar surface area (TPSA) is 62.2 Å². The summed E-state index contributed by atoms with van der Waals surface area (Å²) in [6.45, 7) is 5.52. The minimum absolute atomic E-state index is 0.157. The monoisotopic (exact) mass is 449 g/mol. The number of carbonyl (C=O) groups excluding carboxylic acids is 1. The maximum Gasteiger partial charge on any atom is 0.246 e. The molecule has 0 radical (unpaired) electrons. The number of rotatable bonds is 6. The van der Waals surface area contributed by atoms with Crippen LogP contribution in [0.4, 0.5) is 5.95 Å². The van der Waals surface area contributed by atoms with Crippen molar-refractivity contribution in [1.82, 2.24) is 20.1 Å². The van der Waals surface area contributed by atoms with Crippen molar-refractivity contribution in [3.8, 4) is 22.5 Å². The van der Waals surface area contributed by atoms with Crippen molar-refractivity contribution in [3.05, 3.63) is 96.1 Å². The lowest BCUT2D eigenvalue weighted by Gasteiger charge is -2.34. The Hall–Kier alpha value is -3.90. The Balaban J connectivity index is 1.32. The summed E-state index contributed by atoms with van der Waals surface area (Å²) in [6.07, 6.45) is 0. The Morgan fingerprint density at radius 2 is 1.32 bits per heavy atom. The summed E-state index contributed by atoms with van der Waals surface area (Å²) >= 11 is 0. The average molecular weight is 450 g/mol. The molecule has 6 heteroatoms. The van der Waals surface area contributed by atoms with E-state index in [1.807, 2.05) is 79.7 Å². The number of carbonyl (C=O) groups is 1. The first-order valence-corrected chi connectivity index (χ1v) is 11.6. The molecule has 1 aliphatic rings. The van der Waals surface area contributed by atoms with Gasteiger partial charge in [-0.05, 0) is 6.92 Å². The summed E-state index contributed by atoms with van der Waals surface area (Å²) in [5, 5.41) is 9.08. The second-order valence-corrected chi connectivity index (χ2v) is 8.59. The lowest BCUT2D eigenvalue weighted by Crippen LogP contribution is -2.48. The van der Waals surface area contributed by atoms with Gasteiger partial charge in [-0.3, -0.25) is 9.69 Å². The smallest absolute Gasteiger partial charge is 0.246 e. The first-order chi connectivity index (χ1) is 16.7. The molecule has 0 atom stereocenters. The fourth-order valence-electron chi connectivity index (χ4n) is 4.18. The van der Waals surface area contributed by atoms with Gasteiger partial charge in [-0.1, -0.05) is 90.5 Å². The zero-order valence-corrected chi connectivity index (χ0v) is 19.3. The highest BCUT2D eigenvalue weighted by atomic mass is 16.1. The fraction of sp³-hybridized carbons (Fsp3) is 0.214. The van der Waals surface area contributed by atoms with Crippen molar-refractivity contribution in [3.63, 3.8) is 0 Å². The molecule has 0 unspecified atom stereocenters. The van der Waals surface area contributed by atoms with Gasteiger partial charge in [0.05, 0.1) is 6.54 Å². The van der Waals surface area contributed by atoms with Crippen molar-refractivity contribution in [2.45, 2.75) is 6.92 Å². The van der Waals surface area contributed by atoms with Crippen LogP contribution in [0.25, 0.3) is 22.5 Å². The van der Waals surface area contributed by atoms with E-state index in [4.69, 9.17) is 4.98 Å². The van der Waals surface area contributed by atoms with E-state index in [1.165, 1.54) is 0 Å². The van der Waals surface area contributed by atoms with Crippen LogP contribution in [0.15, 0.2) is 84.9 Å². The van der Waals surface area contributed by atoms with Crippen LogP contribution in [0, 0.1) is 6.92 Å². The van der Waals surface area contributed by atoms with Crippen molar-refractivity contribution < 1.29 is 4.79 Å². The molecule has 0 bridgehead atoms. The van der Waals surface area contributed by atoms with Gasteiger partial charge in [0.1, 0.15) is 11.4 Å². The van der Waals surface area contributed by atoms with Crippen LogP contribution >= 0.6 is 0 Å². The van der Waals surface area contributed by atoms with Gasteiger partial charge in [0.15, 0.2) is 5.78 Å². The minimum Gasteiger partial charge on any atom is -0.337 e. The van der Waals surface area contributed by atoms with Crippen LogP contribution < -0.4 is 4.90 Å². The van der Waals surface area contributed by atoms with E-state index in [0.717, 1.165) is 59.8 Å². The number of piperazine rings is 1. The number of Topliss-reactive ketones (excluding diaryl/α,β-unsaturated/α-hetero) is 1. The normalized spacial score (nSPS) is 14.2. The molecular weight excluding hydrogens is 422 g/mol. The Kier molecular flexibility index (Phi) is 6.40. The maximum absolute atomic E-state index is 12.7. The molecule has 2 heterocycles. The Morgan fingerprint density at radius 3 is 1.94 bits per heavy atom. The second-order valence-electron chi connectivity index (χ2n) is 8.59. The molecule has 1 aliphatic heterocycles. The van der Waals surface area contributed by atoms with Crippen LogP contribution in [0.5, 0.6) is 0 Å². The number of aryl methyl sites for hydroxylation is 1. The molecule has 0 aliphatic carbocycles. The van der Waals surface area contributed by atoms with Crippen molar-refractivity contribution >= 4 is 11.7 Å². The molecule has 0 amide bonds. The molecule has 1 aromatic heterocycles. The largest absolute Gasteiger partial charge is 0.337 e. The third kappa shape index (κ3) is 4.87. The standard InChI is InChI=1S/C28H27N5O/c1-21-12-14-22(15-13-21)25(34)20-32-16-18-33(19-17-32)28-29-26(23-8-4-2-5-9-23)27(30-31-28)24-10-6-3-7-11-24/h2-15H,16-20H2,1H3. The minimum atomic E-state index is 0.157. The summed E-state index contributed by atoms with van der Waals surface area (Å²) in [7, 11) is 0. The van der Waals surface area contributed by atoms with Gasteiger partial charge >= 0.3 is 0 Å². The predicted octanol–water partition coefficient (Wildman–Crippen LogP) is 4.52. The van der Waals surface area contributed by atoms with E-state index in [0.29, 0.717) is 12.5 Å². The number of hydrogen-bond donors (Lipinski definition) is 0. The maximum atomic E-state index is 12.7. The van der Waals surface area contributed by atoms with Crippen molar-refractivity contribution in [1.29, 1.82) is 0 Å². The van der Waals surface area contributed by atoms with E-state index in [1.54, 1.807) is 0 Å². The van der Waals surface area contributed by atoms with Crippen LogP contribution in [-0.4, -0.2) is 58.6 Å². The third-order valence-corrected chi connectivity index (χ3v) is 6.17. The number of anilines is 1. The highest BCUT2D eigenvalue weighted by Gasteiger charge is 2.23. The van der Waals surface area contributed by atoms with E-state index in [9.17, 15) is 4.79 Å². The molecule has 0 saturated carbocycles. The first kappa shape index (κ1) is 21.9. The summed E-state index contributed by atoms with van der Waals surface area (Å²) in [6, 6.07) is 28.0. The molecule has 5 rings (SSSR count). The number of aromatic nitrogens is 3. The average Bonchev–Trinajstić information content (AvgIpc) is 2.90. The number of nitrogens with zero attached hydrogens (tertiary/aromatic N) is 5. The van der Waals surface area contributed by atoms with Gasteiger partial charge in [0.25, 0.3) is 0 Å². The van der Waals surface area contributed by atoms with Gasteiger partial charge in [-0.25, -0.2) is 4.98 Å². The third-order valence-electron chi connectivity index (χ3n) is 6.17. The van der Waals surface area contributed by atoms with Gasteiger partial charge in [-0.2, -0.15) is 0 Å². The van der Waals surface area contributed by atoms with Crippen molar-refractivity contribution in [2.24, 2.45) is 0 Å². The van der Waals surface area contributed by atoms with Crippen LogP contribution in [-0.2, 0) is 0 Å². The number of ketones is 1. The van der Waals surface area contributed by atoms with Crippen LogP contribution in [0.2, 0.25) is 0 Å². The zero-order chi connectivity index (χ0) is 23.3. The summed E-state index contributed by atoms with van der Waals surface area (Å²) in [5.74, 6) is 0.785. The van der Waals surface area contributed by atoms with Gasteiger partial charge in [0, 0.05) is 42.9 Å². The predicted molar refractivity (Wildman–Crippen MR) is 135 cm³/mol. The highest BCUT2D eigenvalue weighted by molar-refractivity contribution is 5.97. The molecule has 6 nitrogen and oxygen atoms in total. The summed E-state index contributed by atoms with van der Waals surface area (Å²) < 4.78 is 0. The van der Waals surface area contributed by atoms with E-state index >= 15 is 0 Å². The van der Waals surface area contributed by atoms with E-state index < -0.39 is 0 Å². The lowest BCUT2D eigenvalue weighted by molar-refractivity contribution is 0.0926. The van der Waals surface area contributed by atoms with E-state index in [-0.39, 0.29) is 5.78 Å². The summed E-state index contributed by atoms with van der Waals surface area (Å²) in [5.41, 5.74) is 5.54. The molecule has 0 N–H and O–H groups in total. The summed E-state index contributed by atoms with van der Waals surface area (Å²) in [4.78, 5) is 22.0. The molecule has 1 saturated heterocycles. The molecular formula is C28H27N5O. The fourth-order valence-corrected chi connectivity index (χ4v) is 4.18. The van der Waals surface area contributed by atoms with E-state index in [2.05, 4.69) is 32.1 Å². The van der Waals surface area contributed by atoms with Crippen LogP contribution in [0.3, 0.4) is 0 Å². The number of benzene rings is 3. The molecule has 3 aromatic carbocycles. The SMILES string of the molecule is Cc1ccc(C(=O)CN2CCN(c3nnc(-c4ccccc4)c(-c4ccccc4)n3)CC2)cc1. The second kappa shape index (κ2) is 9.93. The Morgan fingerprint density at radius 1 is 0.735 bits per heavy atom. The quantitative estimate of drug-likeness (QED) is 0.404. The number of hydrogen-bond acceptors (Lipinski definition) is 6. The van der Waals surface area contributed by atoms with Gasteiger partial charge in [-0.15, -0.1) is 10.2 Å². The molecule has 1 fully saturated rings. The van der Waals surface area contributed by atoms with Crippen LogP contribution in [0.1, 0.15) is 15.9 Å². The molecule has 34 heavy (non-hydrogen) atoms. The molecule has 4 aromatic rings. The van der Waals surface area contributed by atoms with Crippen molar-refractivity contribution in [2.75, 3.05) is 37.6 Å². The van der Waals surface area contributed by atoms with Gasteiger partial charge < -0.3 is 4.90 Å². The Bertz CT molecular complexity index is 1250. The Labute approximate surface area is 199 Å². The lowest BCUT2D eigenvalue weighted by atomic mass is 10.0. The molecule has 170 valence electrons. The first-order valence-electron chi connectivity index (χ1n) is 11.6. The molecule has 0 spiro atoms.